The second-order valence-corrected chi connectivity index (χ2v) is 5.01. The monoisotopic (exact) mass is 288 g/mol. The van der Waals surface area contributed by atoms with Crippen LogP contribution in [-0.2, 0) is 6.54 Å². The molecule has 2 aromatic rings. The number of aromatic nitrogens is 2. The number of halogens is 3. The Labute approximate surface area is 114 Å². The van der Waals surface area contributed by atoms with Gasteiger partial charge in [0.05, 0.1) is 11.0 Å². The summed E-state index contributed by atoms with van der Waals surface area (Å²) in [5.74, 6) is 0. The summed E-state index contributed by atoms with van der Waals surface area (Å²) in [6.07, 6.45) is -4.21. The van der Waals surface area contributed by atoms with Crippen LogP contribution in [-0.4, -0.2) is 15.7 Å². The first-order valence-electron chi connectivity index (χ1n) is 6.13. The molecule has 2 nitrogen and oxygen atoms in total. The van der Waals surface area contributed by atoms with E-state index in [9.17, 15) is 13.2 Å². The highest BCUT2D eigenvalue weighted by Gasteiger charge is 2.25. The molecule has 1 aromatic heterocycles. The summed E-state index contributed by atoms with van der Waals surface area (Å²) in [5, 5.41) is 0. The topological polar surface area (TPSA) is 20.7 Å². The Kier molecular flexibility index (Phi) is 3.99. The molecule has 0 aliphatic rings. The summed E-state index contributed by atoms with van der Waals surface area (Å²) >= 11 is 5.22. The van der Waals surface area contributed by atoms with E-state index in [4.69, 9.17) is 12.2 Å². The lowest BCUT2D eigenvalue weighted by atomic mass is 10.2. The Morgan fingerprint density at radius 2 is 2.00 bits per heavy atom. The third-order valence-corrected chi connectivity index (χ3v) is 3.41. The predicted octanol–water partition coefficient (Wildman–Crippen LogP) is 4.74. The van der Waals surface area contributed by atoms with E-state index >= 15 is 0 Å². The Hall–Kier alpha value is -1.30. The van der Waals surface area contributed by atoms with Crippen LogP contribution in [0.25, 0.3) is 11.0 Å². The molecule has 1 heterocycles. The van der Waals surface area contributed by atoms with Crippen LogP contribution >= 0.6 is 12.2 Å². The van der Waals surface area contributed by atoms with Crippen molar-refractivity contribution in [2.75, 3.05) is 0 Å². The number of hydrogen-bond donors (Lipinski definition) is 1. The number of fused-ring (bicyclic) bond motifs is 1. The van der Waals surface area contributed by atoms with Crippen molar-refractivity contribution in [1.82, 2.24) is 9.55 Å². The van der Waals surface area contributed by atoms with Crippen molar-refractivity contribution >= 4 is 23.3 Å². The quantitative estimate of drug-likeness (QED) is 0.636. The van der Waals surface area contributed by atoms with Crippen molar-refractivity contribution in [1.29, 1.82) is 0 Å². The summed E-state index contributed by atoms with van der Waals surface area (Å²) in [7, 11) is 0. The molecule has 1 N–H and O–H groups in total. The summed E-state index contributed by atoms with van der Waals surface area (Å²) in [4.78, 5) is 3.08. The predicted molar refractivity (Wildman–Crippen MR) is 71.8 cm³/mol. The van der Waals surface area contributed by atoms with Gasteiger partial charge < -0.3 is 9.55 Å². The maximum atomic E-state index is 12.1. The van der Waals surface area contributed by atoms with E-state index in [-0.39, 0.29) is 6.42 Å². The number of rotatable bonds is 4. The van der Waals surface area contributed by atoms with Gasteiger partial charge in [0.15, 0.2) is 4.77 Å². The molecule has 0 radical (unpaired) electrons. The molecule has 104 valence electrons. The fourth-order valence-corrected chi connectivity index (χ4v) is 2.50. The number of benzene rings is 1. The molecule has 0 fully saturated rings. The van der Waals surface area contributed by atoms with Gasteiger partial charge in [-0.05, 0) is 43.6 Å². The number of alkyl halides is 3. The summed E-state index contributed by atoms with van der Waals surface area (Å²) in [6.45, 7) is 2.48. The van der Waals surface area contributed by atoms with Gasteiger partial charge in [-0.3, -0.25) is 0 Å². The maximum absolute atomic E-state index is 12.1. The van der Waals surface area contributed by atoms with E-state index in [1.807, 2.05) is 29.7 Å². The molecular formula is C13H15F3N2S. The number of hydrogen-bond acceptors (Lipinski definition) is 1. The number of unbranched alkanes of at least 4 members (excludes halogenated alkanes) is 1. The third-order valence-electron chi connectivity index (χ3n) is 3.09. The van der Waals surface area contributed by atoms with Crippen LogP contribution < -0.4 is 0 Å². The molecule has 0 aliphatic carbocycles. The highest BCUT2D eigenvalue weighted by Crippen LogP contribution is 2.23. The fourth-order valence-electron chi connectivity index (χ4n) is 2.21. The average molecular weight is 288 g/mol. The zero-order valence-corrected chi connectivity index (χ0v) is 11.4. The number of aromatic amines is 1. The van der Waals surface area contributed by atoms with Crippen LogP contribution in [0.3, 0.4) is 0 Å². The van der Waals surface area contributed by atoms with Crippen molar-refractivity contribution in [3.8, 4) is 0 Å². The largest absolute Gasteiger partial charge is 0.389 e. The summed E-state index contributed by atoms with van der Waals surface area (Å²) in [5.41, 5.74) is 2.99. The number of nitrogens with one attached hydrogen (secondary N) is 1. The molecule has 0 bridgehead atoms. The lowest BCUT2D eigenvalue weighted by Gasteiger charge is -2.08. The average Bonchev–Trinajstić information content (AvgIpc) is 2.61. The van der Waals surface area contributed by atoms with E-state index in [1.165, 1.54) is 0 Å². The Morgan fingerprint density at radius 1 is 1.26 bits per heavy atom. The Bertz CT molecular complexity index is 625. The van der Waals surface area contributed by atoms with Crippen molar-refractivity contribution in [2.24, 2.45) is 0 Å². The zero-order chi connectivity index (χ0) is 14.0. The minimum atomic E-state index is -4.07. The molecular weight excluding hydrogens is 273 g/mol. The van der Waals surface area contributed by atoms with Gasteiger partial charge in [-0.1, -0.05) is 12.1 Å². The molecule has 0 saturated carbocycles. The number of imidazole rings is 1. The maximum Gasteiger partial charge on any atom is 0.389 e. The minimum absolute atomic E-state index is 0.129. The van der Waals surface area contributed by atoms with Gasteiger partial charge in [-0.2, -0.15) is 13.2 Å². The molecule has 1 aromatic carbocycles. The normalized spacial score (nSPS) is 12.2. The van der Waals surface area contributed by atoms with Gasteiger partial charge in [-0.25, -0.2) is 0 Å². The lowest BCUT2D eigenvalue weighted by molar-refractivity contribution is -0.135. The van der Waals surface area contributed by atoms with E-state index in [1.54, 1.807) is 0 Å². The highest BCUT2D eigenvalue weighted by atomic mass is 32.1. The smallest absolute Gasteiger partial charge is 0.331 e. The first-order valence-corrected chi connectivity index (χ1v) is 6.54. The molecule has 0 spiro atoms. The third kappa shape index (κ3) is 3.37. The van der Waals surface area contributed by atoms with Gasteiger partial charge in [0, 0.05) is 13.0 Å². The van der Waals surface area contributed by atoms with Gasteiger partial charge in [0.2, 0.25) is 0 Å². The van der Waals surface area contributed by atoms with Gasteiger partial charge in [0.1, 0.15) is 0 Å². The van der Waals surface area contributed by atoms with Crippen LogP contribution in [0.5, 0.6) is 0 Å². The second-order valence-electron chi connectivity index (χ2n) is 4.63. The van der Waals surface area contributed by atoms with Crippen LogP contribution in [0.15, 0.2) is 18.2 Å². The minimum Gasteiger partial charge on any atom is -0.331 e. The number of H-pyrrole nitrogens is 1. The molecule has 0 unspecified atom stereocenters. The van der Waals surface area contributed by atoms with Crippen molar-refractivity contribution in [3.63, 3.8) is 0 Å². The van der Waals surface area contributed by atoms with E-state index < -0.39 is 12.6 Å². The van der Waals surface area contributed by atoms with Crippen molar-refractivity contribution in [2.45, 2.75) is 38.9 Å². The SMILES string of the molecule is Cc1cccc2[nH]c(=S)n(CCCCC(F)(F)F)c12. The highest BCUT2D eigenvalue weighted by molar-refractivity contribution is 7.71. The van der Waals surface area contributed by atoms with Gasteiger partial charge >= 0.3 is 6.18 Å². The standard InChI is InChI=1S/C13H15F3N2S/c1-9-5-4-6-10-11(9)18(12(19)17-10)8-3-2-7-13(14,15)16/h4-6H,2-3,7-8H2,1H3,(H,17,19). The lowest BCUT2D eigenvalue weighted by Crippen LogP contribution is -2.07. The number of nitrogens with zero attached hydrogens (tertiary/aromatic N) is 1. The van der Waals surface area contributed by atoms with Gasteiger partial charge in [0.25, 0.3) is 0 Å². The van der Waals surface area contributed by atoms with E-state index in [0.717, 1.165) is 16.6 Å². The molecule has 6 heteroatoms. The molecule has 0 amide bonds. The molecule has 19 heavy (non-hydrogen) atoms. The number of para-hydroxylation sites is 1. The van der Waals surface area contributed by atoms with Crippen molar-refractivity contribution in [3.05, 3.63) is 28.5 Å². The van der Waals surface area contributed by atoms with E-state index in [2.05, 4.69) is 4.98 Å². The van der Waals surface area contributed by atoms with Gasteiger partial charge in [-0.15, -0.1) is 0 Å². The first kappa shape index (κ1) is 14.1. The molecule has 2 rings (SSSR count). The van der Waals surface area contributed by atoms with Crippen LogP contribution in [0.2, 0.25) is 0 Å². The fraction of sp³-hybridized carbons (Fsp3) is 0.462. The summed E-state index contributed by atoms with van der Waals surface area (Å²) in [6, 6.07) is 5.82. The number of aryl methyl sites for hydroxylation is 2. The first-order chi connectivity index (χ1) is 8.88. The van der Waals surface area contributed by atoms with Crippen LogP contribution in [0.1, 0.15) is 24.8 Å². The van der Waals surface area contributed by atoms with E-state index in [0.29, 0.717) is 17.7 Å². The zero-order valence-electron chi connectivity index (χ0n) is 10.5. The molecule has 0 aliphatic heterocycles. The second kappa shape index (κ2) is 5.36. The molecule has 0 atom stereocenters. The Balaban J connectivity index is 2.13. The van der Waals surface area contributed by atoms with Crippen LogP contribution in [0, 0.1) is 11.7 Å². The Morgan fingerprint density at radius 3 is 2.68 bits per heavy atom. The summed E-state index contributed by atoms with van der Waals surface area (Å²) < 4.78 is 38.7. The van der Waals surface area contributed by atoms with Crippen LogP contribution in [0.4, 0.5) is 13.2 Å². The molecule has 0 saturated heterocycles. The van der Waals surface area contributed by atoms with Crippen molar-refractivity contribution < 1.29 is 13.2 Å².